The Balaban J connectivity index is 2.16. The molecule has 0 saturated heterocycles. The van der Waals surface area contributed by atoms with Crippen LogP contribution in [0, 0.1) is 0 Å². The van der Waals surface area contributed by atoms with Crippen molar-refractivity contribution in [1.29, 1.82) is 0 Å². The highest BCUT2D eigenvalue weighted by Gasteiger charge is 2.41. The summed E-state index contributed by atoms with van der Waals surface area (Å²) in [4.78, 5) is 19.2. The van der Waals surface area contributed by atoms with Gasteiger partial charge in [0.2, 0.25) is 5.54 Å². The topological polar surface area (TPSA) is 62.5 Å². The summed E-state index contributed by atoms with van der Waals surface area (Å²) in [6.45, 7) is 0. The van der Waals surface area contributed by atoms with Gasteiger partial charge in [0.1, 0.15) is 5.69 Å². The van der Waals surface area contributed by atoms with Crippen molar-refractivity contribution in [2.75, 3.05) is 0 Å². The third-order valence-corrected chi connectivity index (χ3v) is 3.42. The van der Waals surface area contributed by atoms with Crippen molar-refractivity contribution in [3.05, 3.63) is 64.4 Å². The van der Waals surface area contributed by atoms with E-state index < -0.39 is 23.4 Å². The second-order valence-corrected chi connectivity index (χ2v) is 4.82. The molecule has 112 valence electrons. The maximum atomic E-state index is 12.6. The minimum atomic E-state index is -4.57. The van der Waals surface area contributed by atoms with E-state index in [1.54, 1.807) is 24.3 Å². The van der Waals surface area contributed by atoms with E-state index in [1.165, 1.54) is 6.08 Å². The Morgan fingerprint density at radius 3 is 2.41 bits per heavy atom. The first-order valence-corrected chi connectivity index (χ1v) is 6.28. The van der Waals surface area contributed by atoms with Crippen LogP contribution < -0.4 is 10.6 Å². The van der Waals surface area contributed by atoms with E-state index in [-0.39, 0.29) is 5.56 Å². The van der Waals surface area contributed by atoms with Gasteiger partial charge < -0.3 is 5.11 Å². The van der Waals surface area contributed by atoms with Crippen LogP contribution >= 0.6 is 0 Å². The van der Waals surface area contributed by atoms with E-state index in [4.69, 9.17) is 0 Å². The molecule has 0 bridgehead atoms. The Labute approximate surface area is 122 Å². The number of fused-ring (bicyclic) bond motifs is 1. The summed E-state index contributed by atoms with van der Waals surface area (Å²) in [5.74, 6) is -1.27. The van der Waals surface area contributed by atoms with Gasteiger partial charge in [0, 0.05) is 11.8 Å². The average molecular weight is 306 g/mol. The number of carbonyl (C=O) groups is 1. The van der Waals surface area contributed by atoms with Gasteiger partial charge in [-0.25, -0.2) is 4.79 Å². The van der Waals surface area contributed by atoms with E-state index in [0.29, 0.717) is 10.6 Å². The maximum absolute atomic E-state index is 12.6. The first kappa shape index (κ1) is 14.2. The van der Waals surface area contributed by atoms with E-state index >= 15 is 0 Å². The lowest BCUT2D eigenvalue weighted by Gasteiger charge is -2.19. The van der Waals surface area contributed by atoms with Crippen LogP contribution in [-0.4, -0.2) is 16.1 Å². The highest BCUT2D eigenvalue weighted by molar-refractivity contribution is 5.89. The Morgan fingerprint density at radius 1 is 1.14 bits per heavy atom. The molecule has 3 rings (SSSR count). The van der Waals surface area contributed by atoms with Gasteiger partial charge in [0.15, 0.2) is 0 Å². The fourth-order valence-electron chi connectivity index (χ4n) is 2.33. The number of nitrogens with zero attached hydrogens (tertiary/aromatic N) is 2. The van der Waals surface area contributed by atoms with Crippen LogP contribution in [0.3, 0.4) is 0 Å². The van der Waals surface area contributed by atoms with E-state index in [2.05, 4.69) is 9.98 Å². The van der Waals surface area contributed by atoms with Crippen molar-refractivity contribution < 1.29 is 23.1 Å². The summed E-state index contributed by atoms with van der Waals surface area (Å²) < 4.78 is 37.7. The number of carboxylic acids is 1. The number of hydrogen-bond donors (Lipinski definition) is 1. The van der Waals surface area contributed by atoms with Crippen LogP contribution in [0.4, 0.5) is 13.2 Å². The van der Waals surface area contributed by atoms with Gasteiger partial charge in [-0.3, -0.25) is 9.98 Å². The minimum Gasteiger partial charge on any atom is -0.479 e. The molecule has 2 aromatic rings. The second kappa shape index (κ2) is 4.66. The quantitative estimate of drug-likeness (QED) is 0.914. The monoisotopic (exact) mass is 306 g/mol. The van der Waals surface area contributed by atoms with Crippen molar-refractivity contribution in [3.63, 3.8) is 0 Å². The van der Waals surface area contributed by atoms with Crippen LogP contribution in [-0.2, 0) is 16.5 Å². The van der Waals surface area contributed by atoms with Gasteiger partial charge in [-0.15, -0.1) is 0 Å². The largest absolute Gasteiger partial charge is 0.479 e. The summed E-state index contributed by atoms with van der Waals surface area (Å²) in [5.41, 5.74) is -2.75. The number of aromatic nitrogens is 1. The van der Waals surface area contributed by atoms with Crippen molar-refractivity contribution in [1.82, 2.24) is 4.98 Å². The predicted octanol–water partition coefficient (Wildman–Crippen LogP) is 1.49. The van der Waals surface area contributed by atoms with Gasteiger partial charge in [-0.2, -0.15) is 13.2 Å². The highest BCUT2D eigenvalue weighted by Crippen LogP contribution is 2.32. The number of carboxylic acid groups (broad SMARTS) is 1. The molecule has 0 radical (unpaired) electrons. The van der Waals surface area contributed by atoms with E-state index in [1.807, 2.05) is 0 Å². The molecule has 7 heteroatoms. The average Bonchev–Trinajstić information content (AvgIpc) is 2.87. The molecule has 2 heterocycles. The van der Waals surface area contributed by atoms with Crippen molar-refractivity contribution in [2.45, 2.75) is 11.7 Å². The Morgan fingerprint density at radius 2 is 1.86 bits per heavy atom. The molecule has 1 atom stereocenters. The van der Waals surface area contributed by atoms with Crippen LogP contribution in [0.1, 0.15) is 11.3 Å². The molecule has 0 saturated carbocycles. The summed E-state index contributed by atoms with van der Waals surface area (Å²) in [6, 6.07) is 8.63. The zero-order chi connectivity index (χ0) is 16.0. The molecule has 22 heavy (non-hydrogen) atoms. The molecule has 1 aromatic heterocycles. The molecule has 0 amide bonds. The highest BCUT2D eigenvalue weighted by atomic mass is 19.4. The fourth-order valence-corrected chi connectivity index (χ4v) is 2.33. The predicted molar refractivity (Wildman–Crippen MR) is 70.2 cm³/mol. The first-order chi connectivity index (χ1) is 10.3. The number of halogens is 3. The molecular formula is C15H9F3N2O2. The number of pyridine rings is 1. The maximum Gasteiger partial charge on any atom is 0.433 e. The number of benzene rings is 1. The Hall–Kier alpha value is -2.70. The Kier molecular flexibility index (Phi) is 3.01. The van der Waals surface area contributed by atoms with E-state index in [9.17, 15) is 23.1 Å². The third-order valence-electron chi connectivity index (χ3n) is 3.42. The standard InChI is InChI=1S/C15H9F3N2O2/c16-15(17,18)12-6-5-10(8-19-12)14(13(21)22)7-9-3-1-2-4-11(9)20-14/h1-8H,(H,21,22). The molecule has 1 unspecified atom stereocenters. The zero-order valence-electron chi connectivity index (χ0n) is 11.0. The number of alkyl halides is 3. The van der Waals surface area contributed by atoms with Crippen LogP contribution in [0.5, 0.6) is 0 Å². The molecule has 1 aromatic carbocycles. The lowest BCUT2D eigenvalue weighted by molar-refractivity contribution is -0.141. The van der Waals surface area contributed by atoms with Gasteiger partial charge in [-0.1, -0.05) is 24.3 Å². The molecule has 0 aliphatic carbocycles. The number of hydrogen-bond acceptors (Lipinski definition) is 3. The van der Waals surface area contributed by atoms with Gasteiger partial charge in [0.25, 0.3) is 0 Å². The van der Waals surface area contributed by atoms with Gasteiger partial charge in [-0.05, 0) is 23.4 Å². The SMILES string of the molecule is O=C(O)C1(c2ccc(C(F)(F)F)nc2)C=c2ccccc2=N1. The summed E-state index contributed by atoms with van der Waals surface area (Å²) in [5, 5.41) is 10.6. The van der Waals surface area contributed by atoms with E-state index in [0.717, 1.165) is 18.3 Å². The summed E-state index contributed by atoms with van der Waals surface area (Å²) in [7, 11) is 0. The van der Waals surface area contributed by atoms with Gasteiger partial charge >= 0.3 is 12.1 Å². The molecule has 4 nitrogen and oxygen atoms in total. The second-order valence-electron chi connectivity index (χ2n) is 4.82. The minimum absolute atomic E-state index is 0.0733. The Bertz CT molecular complexity index is 823. The molecule has 1 aliphatic heterocycles. The van der Waals surface area contributed by atoms with Crippen molar-refractivity contribution >= 4 is 12.0 Å². The smallest absolute Gasteiger partial charge is 0.433 e. The zero-order valence-corrected chi connectivity index (χ0v) is 11.0. The number of para-hydroxylation sites is 1. The molecule has 0 fully saturated rings. The summed E-state index contributed by atoms with van der Waals surface area (Å²) >= 11 is 0. The third kappa shape index (κ3) is 2.14. The first-order valence-electron chi connectivity index (χ1n) is 6.28. The van der Waals surface area contributed by atoms with Crippen LogP contribution in [0.2, 0.25) is 0 Å². The molecular weight excluding hydrogens is 297 g/mol. The normalized spacial score (nSPS) is 20.0. The number of rotatable bonds is 2. The van der Waals surface area contributed by atoms with Gasteiger partial charge in [0.05, 0.1) is 5.36 Å². The fraction of sp³-hybridized carbons (Fsp3) is 0.133. The number of aliphatic carboxylic acids is 1. The van der Waals surface area contributed by atoms with Crippen LogP contribution in [0.25, 0.3) is 6.08 Å². The molecule has 0 spiro atoms. The lowest BCUT2D eigenvalue weighted by Crippen LogP contribution is -2.31. The van der Waals surface area contributed by atoms with Crippen molar-refractivity contribution in [3.8, 4) is 0 Å². The summed E-state index contributed by atoms with van der Waals surface area (Å²) in [6.07, 6.45) is -2.26. The van der Waals surface area contributed by atoms with Crippen molar-refractivity contribution in [2.24, 2.45) is 4.99 Å². The molecule has 1 aliphatic rings. The van der Waals surface area contributed by atoms with Crippen LogP contribution in [0.15, 0.2) is 47.6 Å². The molecule has 1 N–H and O–H groups in total. The lowest BCUT2D eigenvalue weighted by atomic mass is 9.92.